The Kier molecular flexibility index (Phi) is 4.29. The molecule has 1 aromatic carbocycles. The van der Waals surface area contributed by atoms with E-state index in [-0.39, 0.29) is 5.91 Å². The highest BCUT2D eigenvalue weighted by Crippen LogP contribution is 2.24. The average Bonchev–Trinajstić information content (AvgIpc) is 2.69. The molecule has 0 radical (unpaired) electrons. The van der Waals surface area contributed by atoms with Crippen LogP contribution in [0.4, 0.5) is 5.69 Å². The molecular weight excluding hydrogens is 312 g/mol. The molecule has 1 saturated heterocycles. The van der Waals surface area contributed by atoms with E-state index in [1.807, 2.05) is 59.8 Å². The topological polar surface area (TPSA) is 58.1 Å². The number of aromatic nitrogens is 2. The van der Waals surface area contributed by atoms with Gasteiger partial charge < -0.3 is 10.2 Å². The van der Waals surface area contributed by atoms with Crippen LogP contribution in [-0.2, 0) is 0 Å². The first-order chi connectivity index (χ1) is 12.3. The quantitative estimate of drug-likeness (QED) is 0.799. The number of carbonyl (C=O) groups excluding carboxylic acids is 1. The number of rotatable bonds is 3. The number of anilines is 1. The van der Waals surface area contributed by atoms with E-state index >= 15 is 0 Å². The van der Waals surface area contributed by atoms with E-state index in [4.69, 9.17) is 0 Å². The minimum atomic E-state index is 0.123. The van der Waals surface area contributed by atoms with Crippen molar-refractivity contribution in [2.24, 2.45) is 0 Å². The molecule has 2 aromatic heterocycles. The number of pyridine rings is 2. The number of nitrogens with one attached hydrogen (secondary N) is 1. The molecule has 5 heteroatoms. The third-order valence-electron chi connectivity index (χ3n) is 4.71. The Morgan fingerprint density at radius 3 is 2.64 bits per heavy atom. The molecule has 1 aliphatic rings. The Hall–Kier alpha value is -2.95. The predicted octanol–water partition coefficient (Wildman–Crippen LogP) is 3.35. The van der Waals surface area contributed by atoms with Crippen LogP contribution in [0.2, 0.25) is 0 Å². The van der Waals surface area contributed by atoms with E-state index in [1.54, 1.807) is 6.20 Å². The maximum absolute atomic E-state index is 12.5. The monoisotopic (exact) mass is 332 g/mol. The first-order valence-electron chi connectivity index (χ1n) is 8.61. The van der Waals surface area contributed by atoms with Crippen LogP contribution in [0, 0.1) is 0 Å². The summed E-state index contributed by atoms with van der Waals surface area (Å²) in [7, 11) is 0. The molecule has 1 fully saturated rings. The highest BCUT2D eigenvalue weighted by molar-refractivity contribution is 5.94. The summed E-state index contributed by atoms with van der Waals surface area (Å²) >= 11 is 0. The molecule has 0 bridgehead atoms. The van der Waals surface area contributed by atoms with Crippen LogP contribution in [-0.4, -0.2) is 39.9 Å². The van der Waals surface area contributed by atoms with E-state index < -0.39 is 0 Å². The highest BCUT2D eigenvalue weighted by atomic mass is 16.2. The fourth-order valence-electron chi connectivity index (χ4n) is 3.33. The van der Waals surface area contributed by atoms with Gasteiger partial charge in [0.15, 0.2) is 0 Å². The molecule has 3 aromatic rings. The van der Waals surface area contributed by atoms with Crippen molar-refractivity contribution in [1.82, 2.24) is 14.9 Å². The molecule has 4 rings (SSSR count). The number of carbonyl (C=O) groups is 1. The highest BCUT2D eigenvalue weighted by Gasteiger charge is 2.23. The molecule has 1 N–H and O–H groups in total. The van der Waals surface area contributed by atoms with Crippen LogP contribution in [0.15, 0.2) is 61.1 Å². The molecular formula is C20H20N4O. The van der Waals surface area contributed by atoms with Crippen molar-refractivity contribution >= 4 is 22.5 Å². The molecule has 1 amide bonds. The summed E-state index contributed by atoms with van der Waals surface area (Å²) in [5.74, 6) is 0.123. The van der Waals surface area contributed by atoms with Crippen molar-refractivity contribution in [1.29, 1.82) is 0 Å². The van der Waals surface area contributed by atoms with Crippen molar-refractivity contribution in [2.45, 2.75) is 18.9 Å². The lowest BCUT2D eigenvalue weighted by molar-refractivity contribution is 0.0718. The number of piperidine rings is 1. The molecule has 1 aliphatic heterocycles. The summed E-state index contributed by atoms with van der Waals surface area (Å²) < 4.78 is 0. The van der Waals surface area contributed by atoms with Crippen LogP contribution in [0.3, 0.4) is 0 Å². The lowest BCUT2D eigenvalue weighted by Crippen LogP contribution is -2.42. The minimum absolute atomic E-state index is 0.123. The maximum Gasteiger partial charge on any atom is 0.253 e. The second kappa shape index (κ2) is 6.89. The average molecular weight is 332 g/mol. The Balaban J connectivity index is 1.41. The lowest BCUT2D eigenvalue weighted by Gasteiger charge is -2.33. The lowest BCUT2D eigenvalue weighted by atomic mass is 10.0. The third-order valence-corrected chi connectivity index (χ3v) is 4.71. The first-order valence-corrected chi connectivity index (χ1v) is 8.61. The Bertz CT molecular complexity index is 868. The predicted molar refractivity (Wildman–Crippen MR) is 98.5 cm³/mol. The van der Waals surface area contributed by atoms with Gasteiger partial charge in [-0.1, -0.05) is 18.2 Å². The van der Waals surface area contributed by atoms with Gasteiger partial charge in [-0.15, -0.1) is 0 Å². The molecule has 0 saturated carbocycles. The van der Waals surface area contributed by atoms with Gasteiger partial charge >= 0.3 is 0 Å². The summed E-state index contributed by atoms with van der Waals surface area (Å²) in [6, 6.07) is 13.8. The van der Waals surface area contributed by atoms with Crippen LogP contribution in [0.5, 0.6) is 0 Å². The fraction of sp³-hybridized carbons (Fsp3) is 0.250. The molecule has 5 nitrogen and oxygen atoms in total. The second-order valence-corrected chi connectivity index (χ2v) is 6.33. The number of nitrogens with zero attached hydrogens (tertiary/aromatic N) is 3. The molecule has 0 atom stereocenters. The first kappa shape index (κ1) is 15.6. The molecule has 126 valence electrons. The molecule has 0 aliphatic carbocycles. The standard InChI is InChI=1S/C20H20N4O/c25-20(15-4-2-1-3-5-15)24-12-8-16(9-13-24)23-19-7-11-22-18-6-10-21-14-17(18)19/h1-7,10-11,14,16H,8-9,12-13H2,(H,22,23). The van der Waals surface area contributed by atoms with Crippen LogP contribution in [0.1, 0.15) is 23.2 Å². The summed E-state index contributed by atoms with van der Waals surface area (Å²) in [6.07, 6.45) is 7.29. The van der Waals surface area contributed by atoms with E-state index in [0.29, 0.717) is 6.04 Å². The molecule has 25 heavy (non-hydrogen) atoms. The number of amides is 1. The van der Waals surface area contributed by atoms with Gasteiger partial charge in [-0.05, 0) is 37.1 Å². The van der Waals surface area contributed by atoms with Gasteiger partial charge in [-0.3, -0.25) is 14.8 Å². The van der Waals surface area contributed by atoms with E-state index in [1.165, 1.54) is 0 Å². The van der Waals surface area contributed by atoms with Crippen molar-refractivity contribution in [2.75, 3.05) is 18.4 Å². The number of hydrogen-bond donors (Lipinski definition) is 1. The number of hydrogen-bond acceptors (Lipinski definition) is 4. The van der Waals surface area contributed by atoms with E-state index in [2.05, 4.69) is 15.3 Å². The third kappa shape index (κ3) is 3.31. The van der Waals surface area contributed by atoms with Crippen molar-refractivity contribution < 1.29 is 4.79 Å². The van der Waals surface area contributed by atoms with Crippen molar-refractivity contribution in [3.8, 4) is 0 Å². The zero-order chi connectivity index (χ0) is 17.1. The molecule has 0 unspecified atom stereocenters. The van der Waals surface area contributed by atoms with E-state index in [0.717, 1.165) is 48.1 Å². The van der Waals surface area contributed by atoms with Crippen LogP contribution < -0.4 is 5.32 Å². The van der Waals surface area contributed by atoms with Gasteiger partial charge in [0.05, 0.1) is 5.52 Å². The van der Waals surface area contributed by atoms with Gasteiger partial charge in [0, 0.05) is 54.4 Å². The number of fused-ring (bicyclic) bond motifs is 1. The summed E-state index contributed by atoms with van der Waals surface area (Å²) in [4.78, 5) is 23.0. The normalized spacial score (nSPS) is 15.3. The molecule has 0 spiro atoms. The number of benzene rings is 1. The van der Waals surface area contributed by atoms with Gasteiger partial charge in [0.2, 0.25) is 0 Å². The SMILES string of the molecule is O=C(c1ccccc1)N1CCC(Nc2ccnc3ccncc23)CC1. The van der Waals surface area contributed by atoms with Crippen LogP contribution >= 0.6 is 0 Å². The molecule has 3 heterocycles. The summed E-state index contributed by atoms with van der Waals surface area (Å²) in [5, 5.41) is 4.64. The van der Waals surface area contributed by atoms with E-state index in [9.17, 15) is 4.79 Å². The van der Waals surface area contributed by atoms with Crippen LogP contribution in [0.25, 0.3) is 10.9 Å². The van der Waals surface area contributed by atoms with Gasteiger partial charge in [0.25, 0.3) is 5.91 Å². The summed E-state index contributed by atoms with van der Waals surface area (Å²) in [5.41, 5.74) is 2.77. The smallest absolute Gasteiger partial charge is 0.253 e. The second-order valence-electron chi connectivity index (χ2n) is 6.33. The number of likely N-dealkylation sites (tertiary alicyclic amines) is 1. The largest absolute Gasteiger partial charge is 0.382 e. The zero-order valence-corrected chi connectivity index (χ0v) is 13.9. The Morgan fingerprint density at radius 2 is 1.84 bits per heavy atom. The Morgan fingerprint density at radius 1 is 1.04 bits per heavy atom. The van der Waals surface area contributed by atoms with Crippen molar-refractivity contribution in [3.05, 3.63) is 66.6 Å². The zero-order valence-electron chi connectivity index (χ0n) is 13.9. The fourth-order valence-corrected chi connectivity index (χ4v) is 3.33. The summed E-state index contributed by atoms with van der Waals surface area (Å²) in [6.45, 7) is 1.54. The Labute approximate surface area is 146 Å². The maximum atomic E-state index is 12.5. The minimum Gasteiger partial charge on any atom is -0.382 e. The van der Waals surface area contributed by atoms with Crippen molar-refractivity contribution in [3.63, 3.8) is 0 Å². The van der Waals surface area contributed by atoms with Gasteiger partial charge in [-0.25, -0.2) is 0 Å². The van der Waals surface area contributed by atoms with Gasteiger partial charge in [0.1, 0.15) is 0 Å². The van der Waals surface area contributed by atoms with Gasteiger partial charge in [-0.2, -0.15) is 0 Å².